The number of likely N-dealkylation sites (N-methyl/N-ethyl adjacent to an activating group) is 1. The number of pyridine rings is 1. The van der Waals surface area contributed by atoms with Crippen LogP contribution in [0.2, 0.25) is 0 Å². The molecular weight excluding hydrogens is 354 g/mol. The Bertz CT molecular complexity index is 623. The number of aryl methyl sites for hydroxylation is 2. The quantitative estimate of drug-likeness (QED) is 0.502. The maximum absolute atomic E-state index is 11.7. The van der Waals surface area contributed by atoms with Crippen LogP contribution in [-0.2, 0) is 22.4 Å². The summed E-state index contributed by atoms with van der Waals surface area (Å²) < 4.78 is 0. The fourth-order valence-electron chi connectivity index (χ4n) is 3.26. The third-order valence-corrected chi connectivity index (χ3v) is 5.04. The van der Waals surface area contributed by atoms with Gasteiger partial charge in [0.1, 0.15) is 5.82 Å². The number of nitrogens with one attached hydrogen (secondary N) is 2. The van der Waals surface area contributed by atoms with E-state index in [1.54, 1.807) is 4.90 Å². The molecule has 1 aliphatic rings. The molecule has 0 fully saturated rings. The van der Waals surface area contributed by atoms with Crippen LogP contribution in [0, 0.1) is 0 Å². The van der Waals surface area contributed by atoms with Gasteiger partial charge in [-0.2, -0.15) is 0 Å². The van der Waals surface area contributed by atoms with E-state index in [2.05, 4.69) is 34.7 Å². The van der Waals surface area contributed by atoms with Gasteiger partial charge in [0.05, 0.1) is 0 Å². The third kappa shape index (κ3) is 7.84. The zero-order chi connectivity index (χ0) is 20.2. The summed E-state index contributed by atoms with van der Waals surface area (Å²) in [6.07, 6.45) is 6.40. The van der Waals surface area contributed by atoms with E-state index in [0.29, 0.717) is 26.1 Å². The Morgan fingerprint density at radius 1 is 1.29 bits per heavy atom. The number of hydrogen-bond acceptors (Lipinski definition) is 5. The molecule has 1 aliphatic heterocycles. The molecule has 0 bridgehead atoms. The SMILES string of the molecule is CCCNC(=O)CCN(C=O)CCN(C)CCCc1ccc2c(n1)NCCC2. The molecule has 1 aromatic rings. The lowest BCUT2D eigenvalue weighted by Crippen LogP contribution is -2.35. The third-order valence-electron chi connectivity index (χ3n) is 5.04. The molecule has 0 saturated heterocycles. The number of aromatic nitrogens is 1. The summed E-state index contributed by atoms with van der Waals surface area (Å²) in [6, 6.07) is 4.34. The molecule has 0 saturated carbocycles. The minimum atomic E-state index is 0.00842. The van der Waals surface area contributed by atoms with Crippen molar-refractivity contribution in [1.82, 2.24) is 20.1 Å². The van der Waals surface area contributed by atoms with Gasteiger partial charge >= 0.3 is 0 Å². The summed E-state index contributed by atoms with van der Waals surface area (Å²) in [7, 11) is 2.07. The van der Waals surface area contributed by atoms with Crippen molar-refractivity contribution in [1.29, 1.82) is 0 Å². The Hall–Kier alpha value is -2.15. The summed E-state index contributed by atoms with van der Waals surface area (Å²) in [4.78, 5) is 31.5. The summed E-state index contributed by atoms with van der Waals surface area (Å²) in [6.45, 7) is 6.59. The van der Waals surface area contributed by atoms with E-state index in [0.717, 1.165) is 63.2 Å². The van der Waals surface area contributed by atoms with Gasteiger partial charge in [-0.15, -0.1) is 0 Å². The molecule has 0 aromatic carbocycles. The van der Waals surface area contributed by atoms with E-state index < -0.39 is 0 Å². The van der Waals surface area contributed by atoms with Crippen molar-refractivity contribution in [3.8, 4) is 0 Å². The Labute approximate surface area is 168 Å². The first-order chi connectivity index (χ1) is 13.6. The molecule has 2 N–H and O–H groups in total. The number of anilines is 1. The van der Waals surface area contributed by atoms with Gasteiger partial charge in [0.25, 0.3) is 0 Å². The molecule has 0 radical (unpaired) electrons. The second kappa shape index (κ2) is 12.3. The standard InChI is InChI=1S/C21H35N5O2/c1-3-11-22-20(28)10-14-26(17-27)16-15-25(2)13-5-7-19-9-8-18-6-4-12-23-21(18)24-19/h8-9,17H,3-7,10-16H2,1-2H3,(H,22,28)(H,23,24). The maximum Gasteiger partial charge on any atom is 0.221 e. The van der Waals surface area contributed by atoms with E-state index in [9.17, 15) is 9.59 Å². The molecule has 7 nitrogen and oxygen atoms in total. The highest BCUT2D eigenvalue weighted by atomic mass is 16.2. The number of amides is 2. The summed E-state index contributed by atoms with van der Waals surface area (Å²) >= 11 is 0. The minimum Gasteiger partial charge on any atom is -0.370 e. The van der Waals surface area contributed by atoms with Crippen LogP contribution in [0.4, 0.5) is 5.82 Å². The van der Waals surface area contributed by atoms with E-state index in [4.69, 9.17) is 4.98 Å². The van der Waals surface area contributed by atoms with E-state index in [1.165, 1.54) is 12.0 Å². The number of rotatable bonds is 13. The van der Waals surface area contributed by atoms with Gasteiger partial charge in [0.15, 0.2) is 0 Å². The molecule has 0 aliphatic carbocycles. The topological polar surface area (TPSA) is 77.6 Å². The number of fused-ring (bicyclic) bond motifs is 1. The van der Waals surface area contributed by atoms with Crippen LogP contribution < -0.4 is 10.6 Å². The van der Waals surface area contributed by atoms with Gasteiger partial charge in [-0.25, -0.2) is 4.98 Å². The first kappa shape index (κ1) is 22.1. The van der Waals surface area contributed by atoms with Gasteiger partial charge in [-0.1, -0.05) is 13.0 Å². The molecule has 0 spiro atoms. The van der Waals surface area contributed by atoms with Crippen molar-refractivity contribution in [3.63, 3.8) is 0 Å². The van der Waals surface area contributed by atoms with Crippen molar-refractivity contribution in [2.24, 2.45) is 0 Å². The minimum absolute atomic E-state index is 0.00842. The monoisotopic (exact) mass is 389 g/mol. The smallest absolute Gasteiger partial charge is 0.221 e. The molecule has 0 atom stereocenters. The van der Waals surface area contributed by atoms with Crippen molar-refractivity contribution in [3.05, 3.63) is 23.4 Å². The molecule has 2 rings (SSSR count). The lowest BCUT2D eigenvalue weighted by molar-refractivity contribution is -0.122. The van der Waals surface area contributed by atoms with Gasteiger partial charge < -0.3 is 20.4 Å². The zero-order valence-electron chi connectivity index (χ0n) is 17.4. The lowest BCUT2D eigenvalue weighted by atomic mass is 10.1. The first-order valence-electron chi connectivity index (χ1n) is 10.5. The molecule has 28 heavy (non-hydrogen) atoms. The Kier molecular flexibility index (Phi) is 9.76. The summed E-state index contributed by atoms with van der Waals surface area (Å²) in [5.41, 5.74) is 2.46. The Balaban J connectivity index is 1.62. The second-order valence-electron chi connectivity index (χ2n) is 7.49. The van der Waals surface area contributed by atoms with Gasteiger partial charge in [-0.3, -0.25) is 9.59 Å². The highest BCUT2D eigenvalue weighted by Gasteiger charge is 2.11. The molecule has 0 unspecified atom stereocenters. The Morgan fingerprint density at radius 2 is 2.14 bits per heavy atom. The van der Waals surface area contributed by atoms with Crippen LogP contribution in [-0.4, -0.2) is 73.4 Å². The number of hydrogen-bond donors (Lipinski definition) is 2. The van der Waals surface area contributed by atoms with Crippen LogP contribution in [0.5, 0.6) is 0 Å². The maximum atomic E-state index is 11.7. The second-order valence-corrected chi connectivity index (χ2v) is 7.49. The van der Waals surface area contributed by atoms with Crippen LogP contribution in [0.25, 0.3) is 0 Å². The first-order valence-corrected chi connectivity index (χ1v) is 10.5. The van der Waals surface area contributed by atoms with Crippen molar-refractivity contribution in [2.75, 3.05) is 51.6 Å². The van der Waals surface area contributed by atoms with E-state index in [-0.39, 0.29) is 5.91 Å². The predicted molar refractivity (Wildman–Crippen MR) is 112 cm³/mol. The van der Waals surface area contributed by atoms with E-state index in [1.807, 2.05) is 6.92 Å². The molecule has 156 valence electrons. The molecule has 2 amide bonds. The van der Waals surface area contributed by atoms with Crippen LogP contribution >= 0.6 is 0 Å². The summed E-state index contributed by atoms with van der Waals surface area (Å²) in [5.74, 6) is 1.07. The number of carbonyl (C=O) groups is 2. The fraction of sp³-hybridized carbons (Fsp3) is 0.667. The highest BCUT2D eigenvalue weighted by molar-refractivity contribution is 5.76. The van der Waals surface area contributed by atoms with Crippen LogP contribution in [0.1, 0.15) is 43.9 Å². The average Bonchev–Trinajstić information content (AvgIpc) is 2.72. The normalized spacial score (nSPS) is 13.0. The molecule has 1 aromatic heterocycles. The zero-order valence-corrected chi connectivity index (χ0v) is 17.4. The van der Waals surface area contributed by atoms with Gasteiger partial charge in [0, 0.05) is 44.8 Å². The molecule has 7 heteroatoms. The number of carbonyl (C=O) groups excluding carboxylic acids is 2. The largest absolute Gasteiger partial charge is 0.370 e. The Morgan fingerprint density at radius 3 is 2.93 bits per heavy atom. The lowest BCUT2D eigenvalue weighted by Gasteiger charge is -2.22. The molecule has 2 heterocycles. The van der Waals surface area contributed by atoms with E-state index >= 15 is 0 Å². The highest BCUT2D eigenvalue weighted by Crippen LogP contribution is 2.20. The van der Waals surface area contributed by atoms with Crippen molar-refractivity contribution >= 4 is 18.1 Å². The predicted octanol–water partition coefficient (Wildman–Crippen LogP) is 1.68. The van der Waals surface area contributed by atoms with Crippen molar-refractivity contribution < 1.29 is 9.59 Å². The molecular formula is C21H35N5O2. The van der Waals surface area contributed by atoms with Crippen molar-refractivity contribution in [2.45, 2.75) is 45.4 Å². The van der Waals surface area contributed by atoms with Crippen LogP contribution in [0.15, 0.2) is 12.1 Å². The van der Waals surface area contributed by atoms with Gasteiger partial charge in [-0.05, 0) is 57.3 Å². The number of nitrogens with zero attached hydrogens (tertiary/aromatic N) is 3. The van der Waals surface area contributed by atoms with Gasteiger partial charge in [0.2, 0.25) is 12.3 Å². The fourth-order valence-corrected chi connectivity index (χ4v) is 3.26. The average molecular weight is 390 g/mol. The van der Waals surface area contributed by atoms with Crippen LogP contribution in [0.3, 0.4) is 0 Å². The summed E-state index contributed by atoms with van der Waals surface area (Å²) in [5, 5.41) is 6.22.